The molecule has 1 fully saturated rings. The molecule has 106 valence electrons. The van der Waals surface area contributed by atoms with E-state index in [9.17, 15) is 9.90 Å². The van der Waals surface area contributed by atoms with Crippen LogP contribution in [0.3, 0.4) is 0 Å². The highest BCUT2D eigenvalue weighted by Crippen LogP contribution is 2.22. The van der Waals surface area contributed by atoms with Gasteiger partial charge in [-0.05, 0) is 50.4 Å². The van der Waals surface area contributed by atoms with Crippen molar-refractivity contribution < 1.29 is 14.6 Å². The van der Waals surface area contributed by atoms with Gasteiger partial charge < -0.3 is 14.8 Å². The van der Waals surface area contributed by atoms with Gasteiger partial charge in [-0.2, -0.15) is 0 Å². The minimum absolute atomic E-state index is 0.208. The number of aliphatic hydroxyl groups is 1. The van der Waals surface area contributed by atoms with Crippen LogP contribution in [0.4, 0.5) is 0 Å². The number of piperidine rings is 1. The van der Waals surface area contributed by atoms with Gasteiger partial charge in [-0.25, -0.2) is 4.79 Å². The number of nitrogens with zero attached hydrogens (tertiary/aromatic N) is 1. The second-order valence-corrected chi connectivity index (χ2v) is 5.27. The molecule has 0 aliphatic carbocycles. The van der Waals surface area contributed by atoms with E-state index < -0.39 is 0 Å². The fourth-order valence-electron chi connectivity index (χ4n) is 2.61. The maximum Gasteiger partial charge on any atom is 0.354 e. The Balaban J connectivity index is 1.85. The molecule has 0 bridgehead atoms. The average Bonchev–Trinajstić information content (AvgIpc) is 2.87. The first-order chi connectivity index (χ1) is 9.10. The summed E-state index contributed by atoms with van der Waals surface area (Å²) in [6, 6.07) is 1.84. The van der Waals surface area contributed by atoms with Crippen molar-refractivity contribution in [2.24, 2.45) is 5.92 Å². The summed E-state index contributed by atoms with van der Waals surface area (Å²) in [6.45, 7) is 4.69. The highest BCUT2D eigenvalue weighted by molar-refractivity contribution is 5.87. The van der Waals surface area contributed by atoms with Crippen molar-refractivity contribution in [3.63, 3.8) is 0 Å². The Hall–Kier alpha value is -1.33. The number of carbonyl (C=O) groups excluding carboxylic acids is 1. The maximum atomic E-state index is 11.3. The highest BCUT2D eigenvalue weighted by Gasteiger charge is 2.22. The first-order valence-electron chi connectivity index (χ1n) is 6.76. The first-order valence-corrected chi connectivity index (χ1v) is 6.76. The molecular weight excluding hydrogens is 244 g/mol. The van der Waals surface area contributed by atoms with Crippen molar-refractivity contribution in [2.75, 3.05) is 20.2 Å². The number of rotatable bonds is 4. The summed E-state index contributed by atoms with van der Waals surface area (Å²) in [7, 11) is 1.38. The number of likely N-dealkylation sites (tertiary alicyclic amines) is 1. The van der Waals surface area contributed by atoms with Gasteiger partial charge in [-0.1, -0.05) is 0 Å². The molecule has 5 nitrogen and oxygen atoms in total. The normalized spacial score (nSPS) is 19.3. The molecule has 5 heteroatoms. The monoisotopic (exact) mass is 266 g/mol. The number of methoxy groups -OCH3 is 1. The van der Waals surface area contributed by atoms with Crippen LogP contribution in [0.2, 0.25) is 0 Å². The lowest BCUT2D eigenvalue weighted by Crippen LogP contribution is -2.36. The van der Waals surface area contributed by atoms with Gasteiger partial charge in [0.05, 0.1) is 13.2 Å². The van der Waals surface area contributed by atoms with Crippen LogP contribution in [0.5, 0.6) is 0 Å². The van der Waals surface area contributed by atoms with Gasteiger partial charge >= 0.3 is 5.97 Å². The Labute approximate surface area is 113 Å². The molecular formula is C14H22N2O3. The predicted molar refractivity (Wildman–Crippen MR) is 71.8 cm³/mol. The molecule has 1 saturated heterocycles. The van der Waals surface area contributed by atoms with Gasteiger partial charge in [-0.3, -0.25) is 4.90 Å². The molecule has 0 aromatic carbocycles. The molecule has 0 amide bonds. The number of nitrogens with one attached hydrogen (secondary N) is 1. The number of hydrogen-bond donors (Lipinski definition) is 2. The Bertz CT molecular complexity index is 420. The van der Waals surface area contributed by atoms with E-state index in [0.717, 1.165) is 38.0 Å². The van der Waals surface area contributed by atoms with Gasteiger partial charge in [0.25, 0.3) is 0 Å². The van der Waals surface area contributed by atoms with E-state index in [4.69, 9.17) is 0 Å². The summed E-state index contributed by atoms with van der Waals surface area (Å²) in [4.78, 5) is 16.6. The summed E-state index contributed by atoms with van der Waals surface area (Å²) in [5.41, 5.74) is 1.59. The maximum absolute atomic E-state index is 11.3. The second-order valence-electron chi connectivity index (χ2n) is 5.27. The minimum Gasteiger partial charge on any atom is -0.464 e. The van der Waals surface area contributed by atoms with E-state index in [1.54, 1.807) is 0 Å². The van der Waals surface area contributed by atoms with Gasteiger partial charge in [0.15, 0.2) is 0 Å². The van der Waals surface area contributed by atoms with E-state index in [1.807, 2.05) is 19.2 Å². The summed E-state index contributed by atoms with van der Waals surface area (Å²) in [6.07, 6.45) is 3.71. The van der Waals surface area contributed by atoms with Crippen molar-refractivity contribution in [1.29, 1.82) is 0 Å². The molecule has 1 aliphatic heterocycles. The SMILES string of the molecule is COC(=O)c1cc(CN2CCC(C(C)O)CC2)c[nH]1. The molecule has 0 radical (unpaired) electrons. The van der Waals surface area contributed by atoms with Gasteiger partial charge in [-0.15, -0.1) is 0 Å². The fraction of sp³-hybridized carbons (Fsp3) is 0.643. The number of aliphatic hydroxyl groups excluding tert-OH is 1. The zero-order valence-corrected chi connectivity index (χ0v) is 11.6. The third-order valence-corrected chi connectivity index (χ3v) is 3.87. The molecule has 1 unspecified atom stereocenters. The van der Waals surface area contributed by atoms with Crippen molar-refractivity contribution >= 4 is 5.97 Å². The Morgan fingerprint density at radius 2 is 2.26 bits per heavy atom. The summed E-state index contributed by atoms with van der Waals surface area (Å²) < 4.78 is 4.67. The second kappa shape index (κ2) is 6.21. The molecule has 1 aromatic heterocycles. The number of H-pyrrole nitrogens is 1. The number of esters is 1. The number of aromatic amines is 1. The summed E-state index contributed by atoms with van der Waals surface area (Å²) in [5.74, 6) is 0.0900. The standard InChI is InChI=1S/C14H22N2O3/c1-10(17)12-3-5-16(6-4-12)9-11-7-13(15-8-11)14(18)19-2/h7-8,10,12,15,17H,3-6,9H2,1-2H3. The minimum atomic E-state index is -0.334. The van der Waals surface area contributed by atoms with Crippen LogP contribution in [-0.4, -0.2) is 47.3 Å². The van der Waals surface area contributed by atoms with Crippen LogP contribution in [-0.2, 0) is 11.3 Å². The van der Waals surface area contributed by atoms with Crippen LogP contribution < -0.4 is 0 Å². The number of ether oxygens (including phenoxy) is 1. The van der Waals surface area contributed by atoms with Crippen molar-refractivity contribution in [2.45, 2.75) is 32.4 Å². The molecule has 2 rings (SSSR count). The summed E-state index contributed by atoms with van der Waals surface area (Å²) >= 11 is 0. The Morgan fingerprint density at radius 1 is 1.58 bits per heavy atom. The highest BCUT2D eigenvalue weighted by atomic mass is 16.5. The third kappa shape index (κ3) is 3.58. The largest absolute Gasteiger partial charge is 0.464 e. The molecule has 0 saturated carbocycles. The number of hydrogen-bond acceptors (Lipinski definition) is 4. The molecule has 0 spiro atoms. The lowest BCUT2D eigenvalue weighted by molar-refractivity contribution is 0.0594. The van der Waals surface area contributed by atoms with Gasteiger partial charge in [0.2, 0.25) is 0 Å². The molecule has 1 aromatic rings. The third-order valence-electron chi connectivity index (χ3n) is 3.87. The topological polar surface area (TPSA) is 65.6 Å². The smallest absolute Gasteiger partial charge is 0.354 e. The number of aromatic nitrogens is 1. The van der Waals surface area contributed by atoms with Crippen molar-refractivity contribution in [3.8, 4) is 0 Å². The fourth-order valence-corrected chi connectivity index (χ4v) is 2.61. The van der Waals surface area contributed by atoms with E-state index in [2.05, 4.69) is 14.6 Å². The number of carbonyl (C=O) groups is 1. The van der Waals surface area contributed by atoms with Gasteiger partial charge in [0.1, 0.15) is 5.69 Å². The van der Waals surface area contributed by atoms with Crippen LogP contribution in [0.1, 0.15) is 35.8 Å². The average molecular weight is 266 g/mol. The Morgan fingerprint density at radius 3 is 2.84 bits per heavy atom. The lowest BCUT2D eigenvalue weighted by atomic mass is 9.92. The molecule has 2 N–H and O–H groups in total. The summed E-state index contributed by atoms with van der Waals surface area (Å²) in [5, 5.41) is 9.57. The molecule has 1 atom stereocenters. The van der Waals surface area contributed by atoms with Crippen LogP contribution >= 0.6 is 0 Å². The van der Waals surface area contributed by atoms with Crippen molar-refractivity contribution in [3.05, 3.63) is 23.5 Å². The van der Waals surface area contributed by atoms with Crippen LogP contribution in [0, 0.1) is 5.92 Å². The molecule has 2 heterocycles. The first kappa shape index (κ1) is 14.1. The predicted octanol–water partition coefficient (Wildman–Crippen LogP) is 1.39. The molecule has 19 heavy (non-hydrogen) atoms. The van der Waals surface area contributed by atoms with E-state index in [-0.39, 0.29) is 12.1 Å². The van der Waals surface area contributed by atoms with E-state index >= 15 is 0 Å². The quantitative estimate of drug-likeness (QED) is 0.808. The zero-order valence-electron chi connectivity index (χ0n) is 11.6. The van der Waals surface area contributed by atoms with E-state index in [0.29, 0.717) is 11.6 Å². The Kier molecular flexibility index (Phi) is 4.61. The zero-order chi connectivity index (χ0) is 13.8. The molecule has 1 aliphatic rings. The van der Waals surface area contributed by atoms with Crippen LogP contribution in [0.25, 0.3) is 0 Å². The van der Waals surface area contributed by atoms with Crippen LogP contribution in [0.15, 0.2) is 12.3 Å². The van der Waals surface area contributed by atoms with Gasteiger partial charge in [0, 0.05) is 12.7 Å². The van der Waals surface area contributed by atoms with Crippen molar-refractivity contribution in [1.82, 2.24) is 9.88 Å². The van der Waals surface area contributed by atoms with E-state index in [1.165, 1.54) is 7.11 Å². The lowest BCUT2D eigenvalue weighted by Gasteiger charge is -2.33.